The van der Waals surface area contributed by atoms with Gasteiger partial charge in [-0.3, -0.25) is 19.1 Å². The van der Waals surface area contributed by atoms with Gasteiger partial charge in [0.25, 0.3) is 0 Å². The first-order valence-electron chi connectivity index (χ1n) is 13.9. The summed E-state index contributed by atoms with van der Waals surface area (Å²) in [7, 11) is 0. The predicted molar refractivity (Wildman–Crippen MR) is 151 cm³/mol. The molecule has 2 aromatic heterocycles. The number of carbonyl (C=O) groups excluding carboxylic acids is 1. The van der Waals surface area contributed by atoms with Gasteiger partial charge in [0.15, 0.2) is 11.5 Å². The lowest BCUT2D eigenvalue weighted by molar-refractivity contribution is -0.136. The maximum absolute atomic E-state index is 12.8. The molecule has 40 heavy (non-hydrogen) atoms. The van der Waals surface area contributed by atoms with Crippen LogP contribution in [0.3, 0.4) is 0 Å². The number of piperidine rings is 1. The number of carboxylic acids is 1. The van der Waals surface area contributed by atoms with Crippen molar-refractivity contribution in [2.24, 2.45) is 0 Å². The molecule has 0 spiro atoms. The number of anilines is 1. The number of carbonyl (C=O) groups is 2. The minimum atomic E-state index is -0.863. The molecule has 0 radical (unpaired) electrons. The Labute approximate surface area is 233 Å². The van der Waals surface area contributed by atoms with Crippen molar-refractivity contribution < 1.29 is 19.4 Å². The van der Waals surface area contributed by atoms with Gasteiger partial charge in [-0.05, 0) is 36.8 Å². The van der Waals surface area contributed by atoms with Gasteiger partial charge in [-0.1, -0.05) is 37.6 Å². The zero-order valence-corrected chi connectivity index (χ0v) is 23.3. The van der Waals surface area contributed by atoms with Gasteiger partial charge in [-0.15, -0.1) is 0 Å². The molecule has 12 heteroatoms. The number of likely N-dealkylation sites (tertiary alicyclic amines) is 1. The Morgan fingerprint density at radius 2 is 1.95 bits per heavy atom. The third-order valence-corrected chi connectivity index (χ3v) is 7.34. The van der Waals surface area contributed by atoms with E-state index in [9.17, 15) is 19.5 Å². The largest absolute Gasteiger partial charge is 0.481 e. The van der Waals surface area contributed by atoms with Crippen LogP contribution in [0.5, 0.6) is 6.01 Å². The monoisotopic (exact) mass is 553 g/mol. The number of amides is 1. The molecule has 4 N–H and O–H groups in total. The van der Waals surface area contributed by atoms with Gasteiger partial charge < -0.3 is 25.5 Å². The quantitative estimate of drug-likeness (QED) is 0.270. The average molecular weight is 554 g/mol. The van der Waals surface area contributed by atoms with E-state index in [2.05, 4.69) is 26.8 Å². The van der Waals surface area contributed by atoms with E-state index in [0.717, 1.165) is 36.8 Å². The van der Waals surface area contributed by atoms with Crippen LogP contribution in [0.1, 0.15) is 57.1 Å². The van der Waals surface area contributed by atoms with Gasteiger partial charge >= 0.3 is 17.7 Å². The standard InChI is InChI=1S/C28H39N7O5/c1-3-4-15-40-27-31-25(29)24-26(32-27)35(28(39)30-24)12-6-11-34(22-9-13-33(14-10-22)19(2)36)18-21-8-5-7-20(16-21)17-23(37)38/h5,7-8,16,22H,3-4,6,9-15,17-18H2,1-2H3,(H,30,39)(H,37,38)(H2,29,31,32). The fraction of sp³-hybridized carbons (Fsp3) is 0.536. The number of nitrogens with two attached hydrogens (primary N) is 1. The van der Waals surface area contributed by atoms with Crippen molar-refractivity contribution in [3.05, 3.63) is 45.9 Å². The number of carboxylic acid groups (broad SMARTS) is 1. The van der Waals surface area contributed by atoms with Crippen molar-refractivity contribution >= 4 is 28.9 Å². The predicted octanol–water partition coefficient (Wildman–Crippen LogP) is 2.41. The number of nitrogens with zero attached hydrogens (tertiary/aromatic N) is 5. The number of hydrogen-bond donors (Lipinski definition) is 3. The highest BCUT2D eigenvalue weighted by molar-refractivity contribution is 5.81. The first kappa shape index (κ1) is 29.1. The number of H-pyrrole nitrogens is 1. The summed E-state index contributed by atoms with van der Waals surface area (Å²) in [5, 5.41) is 9.21. The van der Waals surface area contributed by atoms with Gasteiger partial charge in [0.2, 0.25) is 5.91 Å². The Bertz CT molecular complexity index is 1380. The molecule has 0 unspecified atom stereocenters. The summed E-state index contributed by atoms with van der Waals surface area (Å²) < 4.78 is 7.22. The van der Waals surface area contributed by atoms with E-state index < -0.39 is 5.97 Å². The van der Waals surface area contributed by atoms with Crippen molar-refractivity contribution in [1.29, 1.82) is 0 Å². The van der Waals surface area contributed by atoms with Crippen LogP contribution in [-0.2, 0) is 29.1 Å². The number of aromatic nitrogens is 4. The van der Waals surface area contributed by atoms with Gasteiger partial charge in [-0.25, -0.2) is 4.79 Å². The first-order chi connectivity index (χ1) is 19.2. The lowest BCUT2D eigenvalue weighted by Crippen LogP contribution is -2.46. The Hall–Kier alpha value is -3.93. The fourth-order valence-electron chi connectivity index (χ4n) is 5.23. The molecule has 1 amide bonds. The second kappa shape index (κ2) is 13.4. The molecule has 3 aromatic rings. The first-order valence-corrected chi connectivity index (χ1v) is 13.9. The molecule has 12 nitrogen and oxygen atoms in total. The van der Waals surface area contributed by atoms with Gasteiger partial charge in [0.05, 0.1) is 13.0 Å². The molecule has 0 atom stereocenters. The number of unbranched alkanes of at least 4 members (excludes halogenated alkanes) is 1. The van der Waals surface area contributed by atoms with Crippen LogP contribution in [0, 0.1) is 0 Å². The summed E-state index contributed by atoms with van der Waals surface area (Å²) in [4.78, 5) is 51.5. The molecule has 3 heterocycles. The van der Waals surface area contributed by atoms with Crippen LogP contribution in [0.4, 0.5) is 5.82 Å². The number of hydrogen-bond acceptors (Lipinski definition) is 8. The third kappa shape index (κ3) is 7.38. The smallest absolute Gasteiger partial charge is 0.327 e. The van der Waals surface area contributed by atoms with E-state index in [1.165, 1.54) is 0 Å². The molecule has 0 saturated carbocycles. The summed E-state index contributed by atoms with van der Waals surface area (Å²) in [5.41, 5.74) is 8.41. The average Bonchev–Trinajstić information content (AvgIpc) is 3.23. The lowest BCUT2D eigenvalue weighted by Gasteiger charge is -2.38. The van der Waals surface area contributed by atoms with E-state index in [1.54, 1.807) is 11.5 Å². The Morgan fingerprint density at radius 1 is 1.20 bits per heavy atom. The van der Waals surface area contributed by atoms with Crippen LogP contribution >= 0.6 is 0 Å². The summed E-state index contributed by atoms with van der Waals surface area (Å²) in [6, 6.07) is 8.08. The number of imidazole rings is 1. The van der Waals surface area contributed by atoms with Crippen molar-refractivity contribution in [2.75, 3.05) is 32.0 Å². The number of rotatable bonds is 13. The molecule has 1 saturated heterocycles. The summed E-state index contributed by atoms with van der Waals surface area (Å²) >= 11 is 0. The van der Waals surface area contributed by atoms with E-state index >= 15 is 0 Å². The normalized spacial score (nSPS) is 14.2. The Morgan fingerprint density at radius 3 is 2.65 bits per heavy atom. The SMILES string of the molecule is CCCCOc1nc(N)c2[nH]c(=O)n(CCCN(Cc3cccc(CC(=O)O)c3)C3CCN(C(C)=O)CC3)c2n1. The molecule has 0 aliphatic carbocycles. The molecule has 1 aromatic carbocycles. The van der Waals surface area contributed by atoms with Crippen LogP contribution < -0.4 is 16.2 Å². The third-order valence-electron chi connectivity index (χ3n) is 7.34. The maximum Gasteiger partial charge on any atom is 0.327 e. The minimum absolute atomic E-state index is 0.0243. The second-order valence-electron chi connectivity index (χ2n) is 10.3. The maximum atomic E-state index is 12.8. The van der Waals surface area contributed by atoms with Gasteiger partial charge in [-0.2, -0.15) is 9.97 Å². The highest BCUT2D eigenvalue weighted by Gasteiger charge is 2.26. The van der Waals surface area contributed by atoms with Crippen molar-refractivity contribution in [2.45, 2.75) is 71.5 Å². The van der Waals surface area contributed by atoms with E-state index in [1.807, 2.05) is 29.2 Å². The molecule has 1 aliphatic rings. The molecule has 4 rings (SSSR count). The highest BCUT2D eigenvalue weighted by atomic mass is 16.5. The number of benzene rings is 1. The summed E-state index contributed by atoms with van der Waals surface area (Å²) in [6.07, 6.45) is 4.18. The van der Waals surface area contributed by atoms with Gasteiger partial charge in [0.1, 0.15) is 5.52 Å². The number of aliphatic carboxylic acids is 1. The topological polar surface area (TPSA) is 160 Å². The molecule has 0 bridgehead atoms. The molecule has 1 aliphatic heterocycles. The van der Waals surface area contributed by atoms with E-state index in [4.69, 9.17) is 10.5 Å². The fourth-order valence-corrected chi connectivity index (χ4v) is 5.23. The number of nitrogen functional groups attached to an aromatic ring is 1. The van der Waals surface area contributed by atoms with Crippen molar-refractivity contribution in [1.82, 2.24) is 29.3 Å². The molecular weight excluding hydrogens is 514 g/mol. The van der Waals surface area contributed by atoms with E-state index in [0.29, 0.717) is 56.9 Å². The van der Waals surface area contributed by atoms with Gasteiger partial charge in [0, 0.05) is 45.7 Å². The van der Waals surface area contributed by atoms with Crippen LogP contribution in [0.25, 0.3) is 11.2 Å². The Kier molecular flexibility index (Phi) is 9.75. The molecular formula is C28H39N7O5. The summed E-state index contributed by atoms with van der Waals surface area (Å²) in [6.45, 7) is 7.31. The van der Waals surface area contributed by atoms with Crippen LogP contribution in [-0.4, -0.2) is 78.6 Å². The second-order valence-corrected chi connectivity index (χ2v) is 10.3. The van der Waals surface area contributed by atoms with Crippen LogP contribution in [0.15, 0.2) is 29.1 Å². The molecule has 1 fully saturated rings. The zero-order chi connectivity index (χ0) is 28.6. The minimum Gasteiger partial charge on any atom is -0.481 e. The number of fused-ring (bicyclic) bond motifs is 1. The number of ether oxygens (including phenoxy) is 1. The lowest BCUT2D eigenvalue weighted by atomic mass is 10.0. The Balaban J connectivity index is 1.50. The van der Waals surface area contributed by atoms with Crippen LogP contribution in [0.2, 0.25) is 0 Å². The zero-order valence-electron chi connectivity index (χ0n) is 23.3. The molecule has 216 valence electrons. The highest BCUT2D eigenvalue weighted by Crippen LogP contribution is 2.22. The number of nitrogens with one attached hydrogen (secondary N) is 1. The van der Waals surface area contributed by atoms with Crippen molar-refractivity contribution in [3.8, 4) is 6.01 Å². The van der Waals surface area contributed by atoms with E-state index in [-0.39, 0.29) is 35.9 Å². The number of aryl methyl sites for hydroxylation is 1. The number of aromatic amines is 1. The summed E-state index contributed by atoms with van der Waals surface area (Å²) in [5.74, 6) is -0.602. The van der Waals surface area contributed by atoms with Crippen molar-refractivity contribution in [3.63, 3.8) is 0 Å².